The SMILES string of the molecule is COC(=O)c1ccc(NC(=S)Nc2ccc(C(=O)OC)cc2)cc1. The lowest BCUT2D eigenvalue weighted by molar-refractivity contribution is 0.0592. The van der Waals surface area contributed by atoms with Gasteiger partial charge in [0.2, 0.25) is 0 Å². The number of ether oxygens (including phenoxy) is 2. The number of methoxy groups -OCH3 is 2. The molecule has 24 heavy (non-hydrogen) atoms. The van der Waals surface area contributed by atoms with Gasteiger partial charge in [0.05, 0.1) is 25.3 Å². The lowest BCUT2D eigenvalue weighted by Crippen LogP contribution is -2.19. The molecule has 0 aliphatic carbocycles. The minimum absolute atomic E-state index is 0.381. The van der Waals surface area contributed by atoms with E-state index in [1.165, 1.54) is 14.2 Å². The third-order valence-corrected chi connectivity index (χ3v) is 3.33. The predicted molar refractivity (Wildman–Crippen MR) is 95.4 cm³/mol. The first kappa shape index (κ1) is 17.4. The van der Waals surface area contributed by atoms with E-state index in [1.807, 2.05) is 0 Å². The summed E-state index contributed by atoms with van der Waals surface area (Å²) in [5.74, 6) is -0.791. The molecule has 2 aromatic rings. The van der Waals surface area contributed by atoms with Crippen molar-refractivity contribution in [1.82, 2.24) is 0 Å². The van der Waals surface area contributed by atoms with Gasteiger partial charge in [-0.1, -0.05) is 0 Å². The van der Waals surface area contributed by atoms with E-state index in [2.05, 4.69) is 20.1 Å². The molecule has 0 aromatic heterocycles. The minimum Gasteiger partial charge on any atom is -0.465 e. The summed E-state index contributed by atoms with van der Waals surface area (Å²) in [4.78, 5) is 22.7. The number of carbonyl (C=O) groups is 2. The van der Waals surface area contributed by atoms with Gasteiger partial charge < -0.3 is 20.1 Å². The number of hydrogen-bond acceptors (Lipinski definition) is 5. The number of esters is 2. The zero-order valence-electron chi connectivity index (χ0n) is 13.2. The van der Waals surface area contributed by atoms with Crippen molar-refractivity contribution < 1.29 is 19.1 Å². The molecule has 7 heteroatoms. The van der Waals surface area contributed by atoms with Crippen LogP contribution in [-0.4, -0.2) is 31.3 Å². The Labute approximate surface area is 144 Å². The van der Waals surface area contributed by atoms with E-state index in [0.29, 0.717) is 16.2 Å². The first-order valence-electron chi connectivity index (χ1n) is 6.98. The molecular weight excluding hydrogens is 328 g/mol. The number of benzene rings is 2. The highest BCUT2D eigenvalue weighted by molar-refractivity contribution is 7.80. The van der Waals surface area contributed by atoms with Crippen molar-refractivity contribution in [1.29, 1.82) is 0 Å². The molecule has 0 radical (unpaired) electrons. The first-order valence-corrected chi connectivity index (χ1v) is 7.39. The van der Waals surface area contributed by atoms with E-state index in [0.717, 1.165) is 11.4 Å². The van der Waals surface area contributed by atoms with Crippen LogP contribution < -0.4 is 10.6 Å². The number of rotatable bonds is 4. The molecule has 0 amide bonds. The average Bonchev–Trinajstić information content (AvgIpc) is 2.61. The second-order valence-corrected chi connectivity index (χ2v) is 5.13. The van der Waals surface area contributed by atoms with Crippen molar-refractivity contribution in [2.45, 2.75) is 0 Å². The fraction of sp³-hybridized carbons (Fsp3) is 0.118. The number of carbonyl (C=O) groups excluding carboxylic acids is 2. The number of hydrogen-bond donors (Lipinski definition) is 2. The van der Waals surface area contributed by atoms with Crippen LogP contribution in [0.15, 0.2) is 48.5 Å². The molecule has 0 saturated carbocycles. The van der Waals surface area contributed by atoms with Gasteiger partial charge in [-0.05, 0) is 60.7 Å². The van der Waals surface area contributed by atoms with Gasteiger partial charge in [0.25, 0.3) is 0 Å². The van der Waals surface area contributed by atoms with Crippen LogP contribution in [0, 0.1) is 0 Å². The summed E-state index contributed by atoms with van der Waals surface area (Å²) in [6.07, 6.45) is 0. The Morgan fingerprint density at radius 2 is 1.08 bits per heavy atom. The van der Waals surface area contributed by atoms with E-state index in [4.69, 9.17) is 12.2 Å². The molecule has 0 heterocycles. The monoisotopic (exact) mass is 344 g/mol. The summed E-state index contributed by atoms with van der Waals surface area (Å²) < 4.78 is 9.28. The van der Waals surface area contributed by atoms with Crippen LogP contribution >= 0.6 is 12.2 Å². The van der Waals surface area contributed by atoms with E-state index in [-0.39, 0.29) is 0 Å². The second kappa shape index (κ2) is 8.07. The Kier molecular flexibility index (Phi) is 5.86. The average molecular weight is 344 g/mol. The molecular formula is C17H16N2O4S. The smallest absolute Gasteiger partial charge is 0.337 e. The molecule has 0 unspecified atom stereocenters. The molecule has 0 aliphatic rings. The summed E-state index contributed by atoms with van der Waals surface area (Å²) in [7, 11) is 2.66. The van der Waals surface area contributed by atoms with Crippen molar-refractivity contribution in [2.24, 2.45) is 0 Å². The molecule has 0 atom stereocenters. The zero-order valence-corrected chi connectivity index (χ0v) is 14.0. The van der Waals surface area contributed by atoms with Crippen LogP contribution in [0.2, 0.25) is 0 Å². The molecule has 0 bridgehead atoms. The van der Waals surface area contributed by atoms with Crippen LogP contribution in [0.5, 0.6) is 0 Å². The van der Waals surface area contributed by atoms with Gasteiger partial charge in [0.1, 0.15) is 0 Å². The third kappa shape index (κ3) is 4.53. The minimum atomic E-state index is -0.395. The van der Waals surface area contributed by atoms with Crippen LogP contribution in [0.1, 0.15) is 20.7 Å². The molecule has 124 valence electrons. The van der Waals surface area contributed by atoms with Gasteiger partial charge in [-0.25, -0.2) is 9.59 Å². The zero-order chi connectivity index (χ0) is 17.5. The normalized spacial score (nSPS) is 9.75. The first-order chi connectivity index (χ1) is 11.5. The summed E-state index contributed by atoms with van der Waals surface area (Å²) in [5, 5.41) is 6.38. The number of anilines is 2. The van der Waals surface area contributed by atoms with Crippen molar-refractivity contribution in [3.05, 3.63) is 59.7 Å². The molecule has 0 fully saturated rings. The van der Waals surface area contributed by atoms with Crippen LogP contribution in [0.3, 0.4) is 0 Å². The quantitative estimate of drug-likeness (QED) is 0.652. The van der Waals surface area contributed by atoms with Gasteiger partial charge in [-0.3, -0.25) is 0 Å². The van der Waals surface area contributed by atoms with E-state index in [9.17, 15) is 9.59 Å². The van der Waals surface area contributed by atoms with Crippen molar-refractivity contribution in [2.75, 3.05) is 24.9 Å². The lowest BCUT2D eigenvalue weighted by atomic mass is 10.2. The molecule has 2 N–H and O–H groups in total. The van der Waals surface area contributed by atoms with Crippen molar-refractivity contribution >= 4 is 40.6 Å². The topological polar surface area (TPSA) is 76.7 Å². The lowest BCUT2D eigenvalue weighted by Gasteiger charge is -2.11. The second-order valence-electron chi connectivity index (χ2n) is 4.72. The Morgan fingerprint density at radius 3 is 1.38 bits per heavy atom. The third-order valence-electron chi connectivity index (χ3n) is 3.13. The maximum Gasteiger partial charge on any atom is 0.337 e. The number of nitrogens with one attached hydrogen (secondary N) is 2. The van der Waals surface area contributed by atoms with E-state index >= 15 is 0 Å². The molecule has 6 nitrogen and oxygen atoms in total. The van der Waals surface area contributed by atoms with Gasteiger partial charge in [0, 0.05) is 11.4 Å². The highest BCUT2D eigenvalue weighted by Gasteiger charge is 2.06. The summed E-state index contributed by atoms with van der Waals surface area (Å²) in [6.45, 7) is 0. The Bertz CT molecular complexity index is 679. The summed E-state index contributed by atoms with van der Waals surface area (Å²) in [5.41, 5.74) is 2.37. The van der Waals surface area contributed by atoms with Crippen LogP contribution in [-0.2, 0) is 9.47 Å². The van der Waals surface area contributed by atoms with Crippen LogP contribution in [0.4, 0.5) is 11.4 Å². The Hall–Kier alpha value is -2.93. The molecule has 0 aliphatic heterocycles. The molecule has 0 spiro atoms. The van der Waals surface area contributed by atoms with Gasteiger partial charge in [-0.2, -0.15) is 0 Å². The highest BCUT2D eigenvalue weighted by Crippen LogP contribution is 2.13. The van der Waals surface area contributed by atoms with Crippen molar-refractivity contribution in [3.8, 4) is 0 Å². The maximum atomic E-state index is 11.4. The van der Waals surface area contributed by atoms with Gasteiger partial charge in [0.15, 0.2) is 5.11 Å². The van der Waals surface area contributed by atoms with Crippen molar-refractivity contribution in [3.63, 3.8) is 0 Å². The Balaban J connectivity index is 1.95. The molecule has 2 aromatic carbocycles. The largest absolute Gasteiger partial charge is 0.465 e. The summed E-state index contributed by atoms with van der Waals surface area (Å²) in [6, 6.07) is 13.5. The van der Waals surface area contributed by atoms with Crippen LogP contribution in [0.25, 0.3) is 0 Å². The molecule has 0 saturated heterocycles. The van der Waals surface area contributed by atoms with E-state index in [1.54, 1.807) is 48.5 Å². The number of thiocarbonyl (C=S) groups is 1. The fourth-order valence-electron chi connectivity index (χ4n) is 1.91. The van der Waals surface area contributed by atoms with Gasteiger partial charge >= 0.3 is 11.9 Å². The van der Waals surface area contributed by atoms with E-state index < -0.39 is 11.9 Å². The predicted octanol–water partition coefficient (Wildman–Crippen LogP) is 3.07. The van der Waals surface area contributed by atoms with Gasteiger partial charge in [-0.15, -0.1) is 0 Å². The molecule has 2 rings (SSSR count). The summed E-state index contributed by atoms with van der Waals surface area (Å²) >= 11 is 5.23. The Morgan fingerprint density at radius 1 is 0.750 bits per heavy atom. The maximum absolute atomic E-state index is 11.4. The highest BCUT2D eigenvalue weighted by atomic mass is 32.1. The fourth-order valence-corrected chi connectivity index (χ4v) is 2.14. The standard InChI is InChI=1S/C17H16N2O4S/c1-22-15(20)11-3-7-13(8-4-11)18-17(24)19-14-9-5-12(6-10-14)16(21)23-2/h3-10H,1-2H3,(H2,18,19,24).